The Labute approximate surface area is 234 Å². The van der Waals surface area contributed by atoms with Crippen LogP contribution in [0.4, 0.5) is 0 Å². The van der Waals surface area contributed by atoms with Gasteiger partial charge in [-0.1, -0.05) is 194 Å². The predicted octanol–water partition coefficient (Wildman–Crippen LogP) is 12.7. The molecule has 0 aliphatic carbocycles. The molecule has 0 aliphatic rings. The molecule has 0 radical (unpaired) electrons. The van der Waals surface area contributed by atoms with Crippen LogP contribution in [0.1, 0.15) is 213 Å². The lowest BCUT2D eigenvalue weighted by Crippen LogP contribution is -2.05. The fraction of sp³-hybridized carbons (Fsp3) is 0.971. The summed E-state index contributed by atoms with van der Waals surface area (Å²) in [6.07, 6.45) is 41.7. The Kier molecular flexibility index (Phi) is 33.0. The van der Waals surface area contributed by atoms with Gasteiger partial charge in [-0.3, -0.25) is 4.79 Å². The monoisotopic (exact) mass is 523 g/mol. The number of unbranched alkanes of at least 4 members (excludes halogenated alkanes) is 28. The van der Waals surface area contributed by atoms with Crippen LogP contribution in [0.5, 0.6) is 0 Å². The SMILES string of the molecule is CCCCCCCCCCCCCCCCCCCCCCCOC(=O)CCCCCCCCCCC. The van der Waals surface area contributed by atoms with Crippen molar-refractivity contribution in [2.75, 3.05) is 6.61 Å². The molecule has 0 atom stereocenters. The van der Waals surface area contributed by atoms with E-state index in [0.29, 0.717) is 13.0 Å². The third-order valence-corrected chi connectivity index (χ3v) is 8.00. The fourth-order valence-corrected chi connectivity index (χ4v) is 5.37. The lowest BCUT2D eigenvalue weighted by molar-refractivity contribution is -0.143. The molecule has 0 aromatic rings. The van der Waals surface area contributed by atoms with Crippen molar-refractivity contribution in [1.82, 2.24) is 0 Å². The third-order valence-electron chi connectivity index (χ3n) is 8.00. The number of carbonyl (C=O) groups excluding carboxylic acids is 1. The standard InChI is InChI=1S/C35H70O2/c1-3-5-7-9-11-13-14-15-16-17-18-19-20-21-22-23-24-26-28-30-32-34-37-35(36)33-31-29-27-25-12-10-8-6-4-2/h3-34H2,1-2H3. The Morgan fingerprint density at radius 1 is 0.351 bits per heavy atom. The number of carbonyl (C=O) groups is 1. The summed E-state index contributed by atoms with van der Waals surface area (Å²) in [5.74, 6) is 0.0242. The van der Waals surface area contributed by atoms with E-state index in [0.717, 1.165) is 12.8 Å². The van der Waals surface area contributed by atoms with Gasteiger partial charge in [-0.15, -0.1) is 0 Å². The molecule has 0 fully saturated rings. The van der Waals surface area contributed by atoms with Crippen LogP contribution in [0.2, 0.25) is 0 Å². The molecule has 0 aliphatic heterocycles. The maximum absolute atomic E-state index is 11.8. The highest BCUT2D eigenvalue weighted by Gasteiger charge is 2.02. The zero-order valence-electron chi connectivity index (χ0n) is 25.9. The van der Waals surface area contributed by atoms with Crippen molar-refractivity contribution in [2.24, 2.45) is 0 Å². The second kappa shape index (κ2) is 33.5. The van der Waals surface area contributed by atoms with Gasteiger partial charge in [-0.05, 0) is 12.8 Å². The van der Waals surface area contributed by atoms with Gasteiger partial charge in [-0.25, -0.2) is 0 Å². The van der Waals surface area contributed by atoms with Gasteiger partial charge in [0, 0.05) is 6.42 Å². The first-order valence-corrected chi connectivity index (χ1v) is 17.5. The lowest BCUT2D eigenvalue weighted by atomic mass is 10.0. The molecular formula is C35H70O2. The molecule has 0 N–H and O–H groups in total. The van der Waals surface area contributed by atoms with Crippen LogP contribution < -0.4 is 0 Å². The van der Waals surface area contributed by atoms with Crippen LogP contribution in [-0.4, -0.2) is 12.6 Å². The minimum absolute atomic E-state index is 0.0242. The molecule has 0 rings (SSSR count). The van der Waals surface area contributed by atoms with Crippen LogP contribution in [-0.2, 0) is 9.53 Å². The highest BCUT2D eigenvalue weighted by Crippen LogP contribution is 2.15. The van der Waals surface area contributed by atoms with E-state index in [1.165, 1.54) is 180 Å². The molecule has 0 amide bonds. The van der Waals surface area contributed by atoms with Gasteiger partial charge >= 0.3 is 5.97 Å². The molecule has 0 aromatic carbocycles. The number of hydrogen-bond acceptors (Lipinski definition) is 2. The van der Waals surface area contributed by atoms with Crippen molar-refractivity contribution >= 4 is 5.97 Å². The van der Waals surface area contributed by atoms with E-state index in [1.807, 2.05) is 0 Å². The van der Waals surface area contributed by atoms with Crippen LogP contribution in [0.15, 0.2) is 0 Å². The molecule has 0 heterocycles. The first-order valence-electron chi connectivity index (χ1n) is 17.5. The van der Waals surface area contributed by atoms with Gasteiger partial charge in [0.15, 0.2) is 0 Å². The zero-order chi connectivity index (χ0) is 26.9. The molecule has 0 unspecified atom stereocenters. The van der Waals surface area contributed by atoms with Crippen molar-refractivity contribution < 1.29 is 9.53 Å². The van der Waals surface area contributed by atoms with Gasteiger partial charge in [0.2, 0.25) is 0 Å². The van der Waals surface area contributed by atoms with E-state index in [4.69, 9.17) is 4.74 Å². The summed E-state index contributed by atoms with van der Waals surface area (Å²) in [6.45, 7) is 5.20. The summed E-state index contributed by atoms with van der Waals surface area (Å²) >= 11 is 0. The fourth-order valence-electron chi connectivity index (χ4n) is 5.37. The first-order chi connectivity index (χ1) is 18.3. The lowest BCUT2D eigenvalue weighted by Gasteiger charge is -2.06. The molecular weight excluding hydrogens is 452 g/mol. The minimum Gasteiger partial charge on any atom is -0.466 e. The summed E-state index contributed by atoms with van der Waals surface area (Å²) in [5, 5.41) is 0. The average Bonchev–Trinajstić information content (AvgIpc) is 2.90. The van der Waals surface area contributed by atoms with E-state index in [-0.39, 0.29) is 5.97 Å². The zero-order valence-corrected chi connectivity index (χ0v) is 25.9. The molecule has 2 heteroatoms. The van der Waals surface area contributed by atoms with E-state index in [1.54, 1.807) is 0 Å². The Morgan fingerprint density at radius 3 is 0.892 bits per heavy atom. The highest BCUT2D eigenvalue weighted by molar-refractivity contribution is 5.69. The van der Waals surface area contributed by atoms with E-state index in [2.05, 4.69) is 13.8 Å². The van der Waals surface area contributed by atoms with Gasteiger partial charge in [0.05, 0.1) is 6.61 Å². The topological polar surface area (TPSA) is 26.3 Å². The van der Waals surface area contributed by atoms with Crippen LogP contribution in [0.25, 0.3) is 0 Å². The Morgan fingerprint density at radius 2 is 0.595 bits per heavy atom. The van der Waals surface area contributed by atoms with Gasteiger partial charge in [-0.2, -0.15) is 0 Å². The molecule has 0 saturated heterocycles. The van der Waals surface area contributed by atoms with Crippen LogP contribution in [0.3, 0.4) is 0 Å². The van der Waals surface area contributed by atoms with Crippen molar-refractivity contribution in [3.63, 3.8) is 0 Å². The molecule has 0 spiro atoms. The quantitative estimate of drug-likeness (QED) is 0.0648. The van der Waals surface area contributed by atoms with Gasteiger partial charge < -0.3 is 4.74 Å². The molecule has 0 saturated carbocycles. The number of rotatable bonds is 32. The maximum Gasteiger partial charge on any atom is 0.305 e. The van der Waals surface area contributed by atoms with Crippen LogP contribution in [0, 0.1) is 0 Å². The van der Waals surface area contributed by atoms with E-state index < -0.39 is 0 Å². The molecule has 222 valence electrons. The second-order valence-corrected chi connectivity index (χ2v) is 11.9. The second-order valence-electron chi connectivity index (χ2n) is 11.9. The largest absolute Gasteiger partial charge is 0.466 e. The van der Waals surface area contributed by atoms with Gasteiger partial charge in [0.25, 0.3) is 0 Å². The summed E-state index contributed by atoms with van der Waals surface area (Å²) in [6, 6.07) is 0. The Hall–Kier alpha value is -0.530. The first kappa shape index (κ1) is 36.5. The molecule has 2 nitrogen and oxygen atoms in total. The van der Waals surface area contributed by atoms with Crippen LogP contribution >= 0.6 is 0 Å². The molecule has 0 bridgehead atoms. The number of hydrogen-bond donors (Lipinski definition) is 0. The predicted molar refractivity (Wildman–Crippen MR) is 165 cm³/mol. The number of esters is 1. The summed E-state index contributed by atoms with van der Waals surface area (Å²) in [5.41, 5.74) is 0. The summed E-state index contributed by atoms with van der Waals surface area (Å²) in [4.78, 5) is 11.8. The normalized spacial score (nSPS) is 11.3. The average molecular weight is 523 g/mol. The van der Waals surface area contributed by atoms with Gasteiger partial charge in [0.1, 0.15) is 0 Å². The summed E-state index contributed by atoms with van der Waals surface area (Å²) < 4.78 is 5.42. The number of ether oxygens (including phenoxy) is 1. The van der Waals surface area contributed by atoms with Crippen molar-refractivity contribution in [3.8, 4) is 0 Å². The van der Waals surface area contributed by atoms with E-state index in [9.17, 15) is 4.79 Å². The summed E-state index contributed by atoms with van der Waals surface area (Å²) in [7, 11) is 0. The molecule has 0 aromatic heterocycles. The third kappa shape index (κ3) is 33.4. The van der Waals surface area contributed by atoms with Crippen molar-refractivity contribution in [2.45, 2.75) is 213 Å². The molecule has 37 heavy (non-hydrogen) atoms. The minimum atomic E-state index is 0.0242. The van der Waals surface area contributed by atoms with Crippen molar-refractivity contribution in [3.05, 3.63) is 0 Å². The Bertz CT molecular complexity index is 419. The smallest absolute Gasteiger partial charge is 0.305 e. The van der Waals surface area contributed by atoms with E-state index >= 15 is 0 Å². The maximum atomic E-state index is 11.8. The highest BCUT2D eigenvalue weighted by atomic mass is 16.5. The van der Waals surface area contributed by atoms with Crippen molar-refractivity contribution in [1.29, 1.82) is 0 Å². The Balaban J connectivity index is 3.11.